The predicted molar refractivity (Wildman–Crippen MR) is 81.6 cm³/mol. The third kappa shape index (κ3) is 2.59. The van der Waals surface area contributed by atoms with Crippen molar-refractivity contribution in [3.8, 4) is 0 Å². The van der Waals surface area contributed by atoms with E-state index in [4.69, 9.17) is 10.5 Å². The van der Waals surface area contributed by atoms with Crippen molar-refractivity contribution in [2.45, 2.75) is 25.6 Å². The van der Waals surface area contributed by atoms with Crippen LogP contribution in [0.5, 0.6) is 0 Å². The molecular formula is C16H23N3O. The lowest BCUT2D eigenvalue weighted by Crippen LogP contribution is -2.49. The summed E-state index contributed by atoms with van der Waals surface area (Å²) in [7, 11) is 2.11. The second-order valence-electron chi connectivity index (χ2n) is 5.79. The molecule has 1 aliphatic heterocycles. The third-order valence-electron chi connectivity index (χ3n) is 4.14. The highest BCUT2D eigenvalue weighted by Crippen LogP contribution is 2.22. The van der Waals surface area contributed by atoms with Crippen molar-refractivity contribution in [1.82, 2.24) is 9.47 Å². The Kier molecular flexibility index (Phi) is 3.78. The Morgan fingerprint density at radius 1 is 1.40 bits per heavy atom. The number of morpholine rings is 1. The summed E-state index contributed by atoms with van der Waals surface area (Å²) >= 11 is 0. The van der Waals surface area contributed by atoms with Crippen LogP contribution in [0.3, 0.4) is 0 Å². The molecule has 0 aliphatic carbocycles. The Bertz CT molecular complexity index is 590. The molecule has 0 saturated carbocycles. The summed E-state index contributed by atoms with van der Waals surface area (Å²) in [4.78, 5) is 2.44. The monoisotopic (exact) mass is 273 g/mol. The van der Waals surface area contributed by atoms with Crippen molar-refractivity contribution in [2.24, 2.45) is 12.8 Å². The molecule has 4 heteroatoms. The van der Waals surface area contributed by atoms with Gasteiger partial charge in [-0.25, -0.2) is 0 Å². The normalized spacial score (nSPS) is 22.2. The van der Waals surface area contributed by atoms with Gasteiger partial charge in [-0.3, -0.25) is 4.90 Å². The van der Waals surface area contributed by atoms with Gasteiger partial charge in [0.1, 0.15) is 0 Å². The summed E-state index contributed by atoms with van der Waals surface area (Å²) < 4.78 is 7.93. The van der Waals surface area contributed by atoms with Crippen molar-refractivity contribution in [3.63, 3.8) is 0 Å². The second kappa shape index (κ2) is 5.56. The van der Waals surface area contributed by atoms with Crippen LogP contribution >= 0.6 is 0 Å². The average Bonchev–Trinajstić information content (AvgIpc) is 2.76. The molecule has 3 rings (SSSR count). The van der Waals surface area contributed by atoms with Crippen LogP contribution in [-0.2, 0) is 18.3 Å². The van der Waals surface area contributed by atoms with E-state index in [-0.39, 0.29) is 12.1 Å². The number of ether oxygens (including phenoxy) is 1. The minimum Gasteiger partial charge on any atom is -0.374 e. The average molecular weight is 273 g/mol. The number of aryl methyl sites for hydroxylation is 1. The molecule has 108 valence electrons. The summed E-state index contributed by atoms with van der Waals surface area (Å²) in [6, 6.07) is 8.66. The van der Waals surface area contributed by atoms with Crippen LogP contribution in [0.4, 0.5) is 0 Å². The molecule has 1 aliphatic rings. The van der Waals surface area contributed by atoms with Crippen LogP contribution in [0.25, 0.3) is 10.9 Å². The molecule has 1 aromatic carbocycles. The quantitative estimate of drug-likeness (QED) is 0.926. The van der Waals surface area contributed by atoms with E-state index in [2.05, 4.69) is 47.0 Å². The van der Waals surface area contributed by atoms with Gasteiger partial charge in [0.2, 0.25) is 0 Å². The fourth-order valence-electron chi connectivity index (χ4n) is 2.99. The molecule has 1 saturated heterocycles. The van der Waals surface area contributed by atoms with Crippen molar-refractivity contribution >= 4 is 10.9 Å². The molecule has 2 aromatic rings. The van der Waals surface area contributed by atoms with Gasteiger partial charge in [-0.15, -0.1) is 0 Å². The fraction of sp³-hybridized carbons (Fsp3) is 0.500. The lowest BCUT2D eigenvalue weighted by atomic mass is 10.1. The second-order valence-corrected chi connectivity index (χ2v) is 5.79. The number of benzene rings is 1. The highest BCUT2D eigenvalue weighted by Gasteiger charge is 2.24. The maximum atomic E-state index is 5.96. The van der Waals surface area contributed by atoms with Crippen LogP contribution in [-0.4, -0.2) is 41.3 Å². The van der Waals surface area contributed by atoms with Crippen LogP contribution in [0.2, 0.25) is 0 Å². The van der Waals surface area contributed by atoms with Gasteiger partial charge in [-0.05, 0) is 18.6 Å². The molecule has 0 spiro atoms. The van der Waals surface area contributed by atoms with Crippen LogP contribution < -0.4 is 5.73 Å². The molecule has 0 radical (unpaired) electrons. The SMILES string of the molecule is CC(N)C1CN(Cc2cn(C)c3ccccc23)CCO1. The number of hydrogen-bond donors (Lipinski definition) is 1. The standard InChI is InChI=1S/C16H23N3O/c1-12(17)16-11-19(7-8-20-16)10-13-9-18(2)15-6-4-3-5-14(13)15/h3-6,9,12,16H,7-8,10-11,17H2,1-2H3. The first-order valence-corrected chi connectivity index (χ1v) is 7.27. The minimum absolute atomic E-state index is 0.0883. The van der Waals surface area contributed by atoms with Gasteiger partial charge < -0.3 is 15.0 Å². The van der Waals surface area contributed by atoms with E-state index in [1.54, 1.807) is 0 Å². The Labute approximate surface area is 120 Å². The van der Waals surface area contributed by atoms with Gasteiger partial charge in [-0.2, -0.15) is 0 Å². The fourth-order valence-corrected chi connectivity index (χ4v) is 2.99. The topological polar surface area (TPSA) is 43.4 Å². The molecule has 1 aromatic heterocycles. The number of para-hydroxylation sites is 1. The molecule has 20 heavy (non-hydrogen) atoms. The number of hydrogen-bond acceptors (Lipinski definition) is 3. The number of rotatable bonds is 3. The van der Waals surface area contributed by atoms with E-state index in [9.17, 15) is 0 Å². The largest absolute Gasteiger partial charge is 0.374 e. The van der Waals surface area contributed by atoms with Gasteiger partial charge in [-0.1, -0.05) is 18.2 Å². The highest BCUT2D eigenvalue weighted by molar-refractivity contribution is 5.83. The van der Waals surface area contributed by atoms with Crippen LogP contribution in [0.1, 0.15) is 12.5 Å². The maximum Gasteiger partial charge on any atom is 0.0850 e. The number of fused-ring (bicyclic) bond motifs is 1. The zero-order chi connectivity index (χ0) is 14.1. The zero-order valence-corrected chi connectivity index (χ0v) is 12.2. The molecule has 4 nitrogen and oxygen atoms in total. The van der Waals surface area contributed by atoms with Crippen LogP contribution in [0, 0.1) is 0 Å². The van der Waals surface area contributed by atoms with Gasteiger partial charge >= 0.3 is 0 Å². The summed E-state index contributed by atoms with van der Waals surface area (Å²) in [5, 5.41) is 1.35. The van der Waals surface area contributed by atoms with E-state index in [1.807, 2.05) is 6.92 Å². The van der Waals surface area contributed by atoms with E-state index >= 15 is 0 Å². The maximum absolute atomic E-state index is 5.96. The zero-order valence-electron chi connectivity index (χ0n) is 12.2. The Balaban J connectivity index is 1.79. The number of nitrogens with two attached hydrogens (primary N) is 1. The summed E-state index contributed by atoms with van der Waals surface area (Å²) in [6.45, 7) is 5.66. The molecular weight excluding hydrogens is 250 g/mol. The van der Waals surface area contributed by atoms with Crippen LogP contribution in [0.15, 0.2) is 30.5 Å². The molecule has 0 amide bonds. The van der Waals surface area contributed by atoms with E-state index in [0.29, 0.717) is 0 Å². The molecule has 2 heterocycles. The van der Waals surface area contributed by atoms with E-state index in [0.717, 1.165) is 26.2 Å². The first-order chi connectivity index (χ1) is 9.65. The summed E-state index contributed by atoms with van der Waals surface area (Å²) in [5.74, 6) is 0. The van der Waals surface area contributed by atoms with Crippen molar-refractivity contribution in [3.05, 3.63) is 36.0 Å². The predicted octanol–water partition coefficient (Wildman–Crippen LogP) is 1.73. The number of nitrogens with zero attached hydrogens (tertiary/aromatic N) is 2. The molecule has 2 N–H and O–H groups in total. The van der Waals surface area contributed by atoms with Crippen molar-refractivity contribution in [1.29, 1.82) is 0 Å². The first-order valence-electron chi connectivity index (χ1n) is 7.27. The smallest absolute Gasteiger partial charge is 0.0850 e. The highest BCUT2D eigenvalue weighted by atomic mass is 16.5. The molecule has 1 fully saturated rings. The van der Waals surface area contributed by atoms with Gasteiger partial charge in [0, 0.05) is 49.8 Å². The molecule has 2 atom stereocenters. The van der Waals surface area contributed by atoms with E-state index in [1.165, 1.54) is 16.5 Å². The molecule has 2 unspecified atom stereocenters. The lowest BCUT2D eigenvalue weighted by Gasteiger charge is -2.34. The van der Waals surface area contributed by atoms with Gasteiger partial charge in [0.25, 0.3) is 0 Å². The third-order valence-corrected chi connectivity index (χ3v) is 4.14. The molecule has 0 bridgehead atoms. The minimum atomic E-state index is 0.0883. The Morgan fingerprint density at radius 3 is 3.00 bits per heavy atom. The lowest BCUT2D eigenvalue weighted by molar-refractivity contribution is -0.0402. The number of aromatic nitrogens is 1. The first kappa shape index (κ1) is 13.6. The summed E-state index contributed by atoms with van der Waals surface area (Å²) in [5.41, 5.74) is 8.64. The van der Waals surface area contributed by atoms with Crippen molar-refractivity contribution in [2.75, 3.05) is 19.7 Å². The van der Waals surface area contributed by atoms with Gasteiger partial charge in [0.15, 0.2) is 0 Å². The summed E-state index contributed by atoms with van der Waals surface area (Å²) in [6.07, 6.45) is 2.39. The van der Waals surface area contributed by atoms with Crippen molar-refractivity contribution < 1.29 is 4.74 Å². The van der Waals surface area contributed by atoms with Gasteiger partial charge in [0.05, 0.1) is 12.7 Å². The Hall–Kier alpha value is -1.36. The van der Waals surface area contributed by atoms with E-state index < -0.39 is 0 Å². The Morgan fingerprint density at radius 2 is 2.20 bits per heavy atom.